The molecule has 3 nitrogen and oxygen atoms in total. The molecule has 0 radical (unpaired) electrons. The number of nitrogens with one attached hydrogen (secondary N) is 1. The summed E-state index contributed by atoms with van der Waals surface area (Å²) in [4.78, 5) is 11.9. The van der Waals surface area contributed by atoms with Gasteiger partial charge in [0.1, 0.15) is 0 Å². The second-order valence-corrected chi connectivity index (χ2v) is 5.25. The zero-order chi connectivity index (χ0) is 12.1. The van der Waals surface area contributed by atoms with Gasteiger partial charge >= 0.3 is 0 Å². The van der Waals surface area contributed by atoms with Crippen molar-refractivity contribution in [3.8, 4) is 0 Å². The van der Waals surface area contributed by atoms with E-state index in [9.17, 15) is 4.79 Å². The van der Waals surface area contributed by atoms with Gasteiger partial charge in [0.2, 0.25) is 5.91 Å². The molecule has 0 aromatic rings. The fourth-order valence-corrected chi connectivity index (χ4v) is 2.41. The molecule has 1 rings (SSSR count). The zero-order valence-corrected chi connectivity index (χ0v) is 10.8. The Morgan fingerprint density at radius 1 is 1.38 bits per heavy atom. The van der Waals surface area contributed by atoms with Gasteiger partial charge in [-0.25, -0.2) is 0 Å². The second kappa shape index (κ2) is 6.24. The summed E-state index contributed by atoms with van der Waals surface area (Å²) >= 11 is 0. The molecule has 3 N–H and O–H groups in total. The Hall–Kier alpha value is -0.570. The Kier molecular flexibility index (Phi) is 5.26. The van der Waals surface area contributed by atoms with Gasteiger partial charge in [0, 0.05) is 6.04 Å². The Balaban J connectivity index is 2.37. The molecule has 0 aromatic carbocycles. The Morgan fingerprint density at radius 3 is 2.44 bits per heavy atom. The van der Waals surface area contributed by atoms with E-state index >= 15 is 0 Å². The van der Waals surface area contributed by atoms with E-state index in [1.165, 1.54) is 25.7 Å². The summed E-state index contributed by atoms with van der Waals surface area (Å²) in [5.41, 5.74) is 5.91. The quantitative estimate of drug-likeness (QED) is 0.754. The van der Waals surface area contributed by atoms with Crippen molar-refractivity contribution in [1.29, 1.82) is 0 Å². The number of nitrogens with two attached hydrogens (primary N) is 1. The van der Waals surface area contributed by atoms with E-state index in [4.69, 9.17) is 5.73 Å². The topological polar surface area (TPSA) is 55.1 Å². The van der Waals surface area contributed by atoms with Gasteiger partial charge in [0.15, 0.2) is 0 Å². The van der Waals surface area contributed by atoms with Crippen LogP contribution in [0.15, 0.2) is 0 Å². The molecular formula is C13H26N2O. The number of amides is 1. The molecule has 0 saturated heterocycles. The Morgan fingerprint density at radius 2 is 1.94 bits per heavy atom. The van der Waals surface area contributed by atoms with E-state index in [-0.39, 0.29) is 23.9 Å². The van der Waals surface area contributed by atoms with Crippen LogP contribution in [0.1, 0.15) is 52.9 Å². The average Bonchev–Trinajstić information content (AvgIpc) is 2.80. The monoisotopic (exact) mass is 226 g/mol. The van der Waals surface area contributed by atoms with Crippen LogP contribution >= 0.6 is 0 Å². The highest BCUT2D eigenvalue weighted by Gasteiger charge is 2.26. The largest absolute Gasteiger partial charge is 0.352 e. The van der Waals surface area contributed by atoms with Crippen LogP contribution in [0, 0.1) is 11.8 Å². The molecule has 16 heavy (non-hydrogen) atoms. The molecule has 1 aliphatic rings. The van der Waals surface area contributed by atoms with Crippen molar-refractivity contribution in [2.24, 2.45) is 17.6 Å². The van der Waals surface area contributed by atoms with Crippen molar-refractivity contribution in [3.05, 3.63) is 0 Å². The molecule has 1 fully saturated rings. The van der Waals surface area contributed by atoms with Crippen LogP contribution in [0.4, 0.5) is 0 Å². The predicted octanol–water partition coefficient (Wildman–Crippen LogP) is 2.05. The summed E-state index contributed by atoms with van der Waals surface area (Å²) in [6.45, 7) is 6.21. The molecule has 0 bridgehead atoms. The van der Waals surface area contributed by atoms with Gasteiger partial charge in [-0.1, -0.05) is 33.1 Å². The first-order valence-corrected chi connectivity index (χ1v) is 6.62. The van der Waals surface area contributed by atoms with E-state index in [0.717, 1.165) is 6.42 Å². The summed E-state index contributed by atoms with van der Waals surface area (Å²) < 4.78 is 0. The average molecular weight is 226 g/mol. The second-order valence-electron chi connectivity index (χ2n) is 5.25. The first-order valence-electron chi connectivity index (χ1n) is 6.62. The van der Waals surface area contributed by atoms with Gasteiger partial charge in [-0.15, -0.1) is 0 Å². The minimum Gasteiger partial charge on any atom is -0.352 e. The van der Waals surface area contributed by atoms with Crippen molar-refractivity contribution in [2.75, 3.05) is 0 Å². The molecule has 0 heterocycles. The molecule has 2 unspecified atom stereocenters. The molecule has 0 spiro atoms. The number of hydrogen-bond acceptors (Lipinski definition) is 2. The van der Waals surface area contributed by atoms with Crippen molar-refractivity contribution >= 4 is 5.91 Å². The van der Waals surface area contributed by atoms with Crippen LogP contribution in [-0.4, -0.2) is 18.0 Å². The lowest BCUT2D eigenvalue weighted by Crippen LogP contribution is -2.49. The van der Waals surface area contributed by atoms with Gasteiger partial charge in [-0.2, -0.15) is 0 Å². The summed E-state index contributed by atoms with van der Waals surface area (Å²) in [5.74, 6) is 0.942. The van der Waals surface area contributed by atoms with Gasteiger partial charge < -0.3 is 11.1 Å². The smallest absolute Gasteiger partial charge is 0.237 e. The minimum atomic E-state index is -0.353. The third-order valence-corrected chi connectivity index (χ3v) is 4.04. The third kappa shape index (κ3) is 3.48. The van der Waals surface area contributed by atoms with Crippen LogP contribution < -0.4 is 11.1 Å². The van der Waals surface area contributed by atoms with E-state index in [1.54, 1.807) is 0 Å². The molecule has 0 aliphatic heterocycles. The Labute approximate surface area is 99.2 Å². The lowest BCUT2D eigenvalue weighted by molar-refractivity contribution is -0.124. The molecule has 3 atom stereocenters. The molecular weight excluding hydrogens is 200 g/mol. The number of carbonyl (C=O) groups excluding carboxylic acids is 1. The minimum absolute atomic E-state index is 0.0220. The summed E-state index contributed by atoms with van der Waals surface area (Å²) in [6, 6.07) is -0.0704. The molecule has 0 aromatic heterocycles. The van der Waals surface area contributed by atoms with Crippen molar-refractivity contribution < 1.29 is 4.79 Å². The van der Waals surface area contributed by atoms with E-state index < -0.39 is 0 Å². The van der Waals surface area contributed by atoms with Gasteiger partial charge in [0.25, 0.3) is 0 Å². The summed E-state index contributed by atoms with van der Waals surface area (Å²) in [7, 11) is 0. The summed E-state index contributed by atoms with van der Waals surface area (Å²) in [6.07, 6.45) is 6.07. The van der Waals surface area contributed by atoms with Gasteiger partial charge in [0.05, 0.1) is 6.04 Å². The molecule has 1 saturated carbocycles. The zero-order valence-electron chi connectivity index (χ0n) is 10.8. The van der Waals surface area contributed by atoms with Crippen LogP contribution in [0.5, 0.6) is 0 Å². The van der Waals surface area contributed by atoms with Crippen molar-refractivity contribution in [2.45, 2.75) is 65.0 Å². The number of rotatable bonds is 5. The fourth-order valence-electron chi connectivity index (χ4n) is 2.41. The molecule has 3 heteroatoms. The standard InChI is InChI=1S/C13H26N2O/c1-4-9(2)12(14)13(16)15-10(3)11-7-5-6-8-11/h9-12H,4-8,14H2,1-3H3,(H,15,16)/t9?,10-,12?/m0/s1. The lowest BCUT2D eigenvalue weighted by atomic mass is 9.96. The summed E-state index contributed by atoms with van der Waals surface area (Å²) in [5, 5.41) is 3.07. The fraction of sp³-hybridized carbons (Fsp3) is 0.923. The van der Waals surface area contributed by atoms with E-state index in [0.29, 0.717) is 5.92 Å². The maximum Gasteiger partial charge on any atom is 0.237 e. The lowest BCUT2D eigenvalue weighted by Gasteiger charge is -2.24. The van der Waals surface area contributed by atoms with Crippen LogP contribution in [0.2, 0.25) is 0 Å². The predicted molar refractivity (Wildman–Crippen MR) is 67.0 cm³/mol. The van der Waals surface area contributed by atoms with Gasteiger partial charge in [-0.05, 0) is 31.6 Å². The first-order chi connectivity index (χ1) is 7.56. The maximum absolute atomic E-state index is 11.9. The normalized spacial score (nSPS) is 22.8. The molecule has 94 valence electrons. The number of carbonyl (C=O) groups is 1. The number of hydrogen-bond donors (Lipinski definition) is 2. The highest BCUT2D eigenvalue weighted by Crippen LogP contribution is 2.27. The van der Waals surface area contributed by atoms with E-state index in [1.807, 2.05) is 6.92 Å². The third-order valence-electron chi connectivity index (χ3n) is 4.04. The Bertz CT molecular complexity index is 224. The molecule has 1 amide bonds. The molecule has 1 aliphatic carbocycles. The van der Waals surface area contributed by atoms with Gasteiger partial charge in [-0.3, -0.25) is 4.79 Å². The van der Waals surface area contributed by atoms with Crippen LogP contribution in [-0.2, 0) is 4.79 Å². The van der Waals surface area contributed by atoms with Crippen molar-refractivity contribution in [3.63, 3.8) is 0 Å². The van der Waals surface area contributed by atoms with Crippen LogP contribution in [0.3, 0.4) is 0 Å². The maximum atomic E-state index is 11.9. The van der Waals surface area contributed by atoms with Crippen molar-refractivity contribution in [1.82, 2.24) is 5.32 Å². The highest BCUT2D eigenvalue weighted by molar-refractivity contribution is 5.82. The van der Waals surface area contributed by atoms with Crippen LogP contribution in [0.25, 0.3) is 0 Å². The highest BCUT2D eigenvalue weighted by atomic mass is 16.2. The first kappa shape index (κ1) is 13.5. The SMILES string of the molecule is CCC(C)C(N)C(=O)N[C@@H](C)C1CCCC1. The van der Waals surface area contributed by atoms with E-state index in [2.05, 4.69) is 19.2 Å².